The average Bonchev–Trinajstić information content (AvgIpc) is 1.94. The minimum atomic E-state index is 0.759. The zero-order chi connectivity index (χ0) is 7.11. The van der Waals surface area contributed by atoms with Gasteiger partial charge in [-0.15, -0.1) is 0 Å². The van der Waals surface area contributed by atoms with Gasteiger partial charge in [-0.2, -0.15) is 0 Å². The van der Waals surface area contributed by atoms with Crippen molar-refractivity contribution in [3.05, 3.63) is 24.5 Å². The molecule has 2 nitrogen and oxygen atoms in total. The second-order valence-electron chi connectivity index (χ2n) is 1.28. The highest BCUT2D eigenvalue weighted by molar-refractivity contribution is 5.33. The smallest absolute Gasteiger partial charge is 0.0344 e. The summed E-state index contributed by atoms with van der Waals surface area (Å²) in [6, 6.07) is 3.50. The molecular formula is C7H12N2. The van der Waals surface area contributed by atoms with Gasteiger partial charge in [0.2, 0.25) is 0 Å². The van der Waals surface area contributed by atoms with Crippen LogP contribution in [0.3, 0.4) is 0 Å². The van der Waals surface area contributed by atoms with E-state index in [1.165, 1.54) is 0 Å². The number of anilines is 1. The number of hydrogen-bond acceptors (Lipinski definition) is 2. The molecule has 1 aromatic heterocycles. The standard InChI is InChI=1S/C5H6N2.C2H6/c6-5-1-3-7-4-2-5;1-2/h1-4H,(H2,6,7);1-2H3. The summed E-state index contributed by atoms with van der Waals surface area (Å²) in [5, 5.41) is 0. The van der Waals surface area contributed by atoms with Gasteiger partial charge in [-0.3, -0.25) is 4.98 Å². The number of nitrogen functional groups attached to an aromatic ring is 1. The molecule has 0 spiro atoms. The molecule has 1 heterocycles. The summed E-state index contributed by atoms with van der Waals surface area (Å²) in [6.07, 6.45) is 3.32. The van der Waals surface area contributed by atoms with Crippen LogP contribution in [-0.2, 0) is 0 Å². The van der Waals surface area contributed by atoms with Gasteiger partial charge in [-0.05, 0) is 12.1 Å². The van der Waals surface area contributed by atoms with E-state index in [4.69, 9.17) is 5.73 Å². The summed E-state index contributed by atoms with van der Waals surface area (Å²) in [7, 11) is 0. The van der Waals surface area contributed by atoms with Crippen molar-refractivity contribution in [1.82, 2.24) is 4.98 Å². The topological polar surface area (TPSA) is 38.9 Å². The minimum absolute atomic E-state index is 0.759. The van der Waals surface area contributed by atoms with Gasteiger partial charge in [0, 0.05) is 18.1 Å². The SMILES string of the molecule is CC.Nc1ccncc1. The lowest BCUT2D eigenvalue weighted by Crippen LogP contribution is -1.81. The van der Waals surface area contributed by atoms with Crippen molar-refractivity contribution in [1.29, 1.82) is 0 Å². The van der Waals surface area contributed by atoms with Crippen LogP contribution in [0.1, 0.15) is 13.8 Å². The first kappa shape index (κ1) is 7.95. The fraction of sp³-hybridized carbons (Fsp3) is 0.286. The van der Waals surface area contributed by atoms with Gasteiger partial charge in [-0.1, -0.05) is 13.8 Å². The fourth-order valence-electron chi connectivity index (χ4n) is 0.363. The van der Waals surface area contributed by atoms with Crippen LogP contribution in [0.5, 0.6) is 0 Å². The Morgan fingerprint density at radius 2 is 1.67 bits per heavy atom. The third kappa shape index (κ3) is 3.53. The Hall–Kier alpha value is -1.05. The van der Waals surface area contributed by atoms with Crippen LogP contribution in [-0.4, -0.2) is 4.98 Å². The highest BCUT2D eigenvalue weighted by Crippen LogP contribution is 1.92. The largest absolute Gasteiger partial charge is 0.399 e. The Morgan fingerprint density at radius 3 is 1.89 bits per heavy atom. The molecule has 0 aliphatic carbocycles. The number of hydrogen-bond donors (Lipinski definition) is 1. The van der Waals surface area contributed by atoms with Crippen LogP contribution in [0, 0.1) is 0 Å². The molecule has 1 rings (SSSR count). The lowest BCUT2D eigenvalue weighted by Gasteiger charge is -1.83. The minimum Gasteiger partial charge on any atom is -0.399 e. The van der Waals surface area contributed by atoms with E-state index in [1.54, 1.807) is 24.5 Å². The molecule has 50 valence electrons. The Balaban J connectivity index is 0.000000291. The fourth-order valence-corrected chi connectivity index (χ4v) is 0.363. The second kappa shape index (κ2) is 5.09. The molecule has 1 aromatic rings. The summed E-state index contributed by atoms with van der Waals surface area (Å²) in [5.41, 5.74) is 6.08. The molecule has 2 heteroatoms. The first-order valence-electron chi connectivity index (χ1n) is 3.05. The molecule has 2 N–H and O–H groups in total. The Kier molecular flexibility index (Phi) is 4.50. The summed E-state index contributed by atoms with van der Waals surface area (Å²) in [5.74, 6) is 0. The Morgan fingerprint density at radius 1 is 1.22 bits per heavy atom. The Bertz CT molecular complexity index is 137. The van der Waals surface area contributed by atoms with Gasteiger partial charge in [0.25, 0.3) is 0 Å². The maximum Gasteiger partial charge on any atom is 0.0344 e. The third-order valence-electron chi connectivity index (χ3n) is 0.706. The molecule has 0 aliphatic heterocycles. The van der Waals surface area contributed by atoms with E-state index in [9.17, 15) is 0 Å². The highest BCUT2D eigenvalue weighted by Gasteiger charge is 1.73. The maximum absolute atomic E-state index is 5.32. The zero-order valence-electron chi connectivity index (χ0n) is 5.83. The molecule has 0 atom stereocenters. The second-order valence-corrected chi connectivity index (χ2v) is 1.28. The summed E-state index contributed by atoms with van der Waals surface area (Å²) >= 11 is 0. The van der Waals surface area contributed by atoms with Crippen molar-refractivity contribution in [2.75, 3.05) is 5.73 Å². The summed E-state index contributed by atoms with van der Waals surface area (Å²) < 4.78 is 0. The van der Waals surface area contributed by atoms with Crippen molar-refractivity contribution < 1.29 is 0 Å². The third-order valence-corrected chi connectivity index (χ3v) is 0.706. The van der Waals surface area contributed by atoms with Gasteiger partial charge >= 0.3 is 0 Å². The van der Waals surface area contributed by atoms with Gasteiger partial charge in [0.05, 0.1) is 0 Å². The van der Waals surface area contributed by atoms with Gasteiger partial charge < -0.3 is 5.73 Å². The van der Waals surface area contributed by atoms with Crippen LogP contribution < -0.4 is 5.73 Å². The van der Waals surface area contributed by atoms with Gasteiger partial charge in [0.1, 0.15) is 0 Å². The van der Waals surface area contributed by atoms with Crippen LogP contribution in [0.15, 0.2) is 24.5 Å². The molecule has 0 saturated carbocycles. The molecule has 0 amide bonds. The predicted molar refractivity (Wildman–Crippen MR) is 40.0 cm³/mol. The molecule has 0 saturated heterocycles. The van der Waals surface area contributed by atoms with Gasteiger partial charge in [0.15, 0.2) is 0 Å². The average molecular weight is 124 g/mol. The molecule has 9 heavy (non-hydrogen) atoms. The molecule has 0 fully saturated rings. The van der Waals surface area contributed by atoms with Gasteiger partial charge in [-0.25, -0.2) is 0 Å². The summed E-state index contributed by atoms with van der Waals surface area (Å²) in [4.78, 5) is 3.77. The van der Waals surface area contributed by atoms with Crippen LogP contribution in [0.25, 0.3) is 0 Å². The predicted octanol–water partition coefficient (Wildman–Crippen LogP) is 1.69. The lowest BCUT2D eigenvalue weighted by atomic mass is 10.4. The molecule has 0 bridgehead atoms. The van der Waals surface area contributed by atoms with E-state index in [2.05, 4.69) is 4.98 Å². The number of aromatic nitrogens is 1. The number of nitrogens with two attached hydrogens (primary N) is 1. The monoisotopic (exact) mass is 124 g/mol. The first-order chi connectivity index (χ1) is 4.39. The van der Waals surface area contributed by atoms with E-state index < -0.39 is 0 Å². The van der Waals surface area contributed by atoms with Crippen molar-refractivity contribution in [3.8, 4) is 0 Å². The van der Waals surface area contributed by atoms with Crippen LogP contribution >= 0.6 is 0 Å². The van der Waals surface area contributed by atoms with E-state index in [0.717, 1.165) is 5.69 Å². The Labute approximate surface area is 55.7 Å². The van der Waals surface area contributed by atoms with Crippen molar-refractivity contribution in [2.45, 2.75) is 13.8 Å². The van der Waals surface area contributed by atoms with E-state index in [1.807, 2.05) is 13.8 Å². The van der Waals surface area contributed by atoms with Crippen LogP contribution in [0.2, 0.25) is 0 Å². The molecule has 0 unspecified atom stereocenters. The van der Waals surface area contributed by atoms with Crippen molar-refractivity contribution in [3.63, 3.8) is 0 Å². The molecule has 0 aliphatic rings. The number of rotatable bonds is 0. The van der Waals surface area contributed by atoms with E-state index in [0.29, 0.717) is 0 Å². The maximum atomic E-state index is 5.32. The quantitative estimate of drug-likeness (QED) is 0.571. The summed E-state index contributed by atoms with van der Waals surface area (Å²) in [6.45, 7) is 4.00. The van der Waals surface area contributed by atoms with E-state index in [-0.39, 0.29) is 0 Å². The molecular weight excluding hydrogens is 112 g/mol. The van der Waals surface area contributed by atoms with E-state index >= 15 is 0 Å². The lowest BCUT2D eigenvalue weighted by molar-refractivity contribution is 1.33. The number of pyridine rings is 1. The number of nitrogens with zero attached hydrogens (tertiary/aromatic N) is 1. The zero-order valence-corrected chi connectivity index (χ0v) is 5.83. The normalized spacial score (nSPS) is 7.33. The highest BCUT2D eigenvalue weighted by atomic mass is 14.6. The first-order valence-corrected chi connectivity index (χ1v) is 3.05. The van der Waals surface area contributed by atoms with Crippen LogP contribution in [0.4, 0.5) is 5.69 Å². The van der Waals surface area contributed by atoms with Crippen molar-refractivity contribution >= 4 is 5.69 Å². The molecule has 0 aromatic carbocycles. The van der Waals surface area contributed by atoms with Crippen molar-refractivity contribution in [2.24, 2.45) is 0 Å². The molecule has 0 radical (unpaired) electrons.